The molecule has 2 aliphatic heterocycles. The van der Waals surface area contributed by atoms with Gasteiger partial charge in [0, 0.05) is 63.6 Å². The van der Waals surface area contributed by atoms with Gasteiger partial charge >= 0.3 is 0 Å². The first-order chi connectivity index (χ1) is 16.6. The van der Waals surface area contributed by atoms with Crippen LogP contribution >= 0.6 is 11.3 Å². The first-order valence-corrected chi connectivity index (χ1v) is 12.9. The molecule has 7 nitrogen and oxygen atoms in total. The zero-order valence-electron chi connectivity index (χ0n) is 20.0. The lowest BCUT2D eigenvalue weighted by molar-refractivity contribution is 0.0948. The number of amides is 1. The van der Waals surface area contributed by atoms with Crippen molar-refractivity contribution in [3.63, 3.8) is 0 Å². The molecule has 180 valence electrons. The molecule has 3 heterocycles. The van der Waals surface area contributed by atoms with Crippen molar-refractivity contribution in [3.05, 3.63) is 53.1 Å². The van der Waals surface area contributed by atoms with E-state index in [0.717, 1.165) is 74.4 Å². The lowest BCUT2D eigenvalue weighted by Crippen LogP contribution is -2.48. The number of carbonyl (C=O) groups is 1. The smallest absolute Gasteiger partial charge is 0.251 e. The highest BCUT2D eigenvalue weighted by Crippen LogP contribution is 2.30. The zero-order chi connectivity index (χ0) is 23.5. The summed E-state index contributed by atoms with van der Waals surface area (Å²) in [6, 6.07) is 12.3. The largest absolute Gasteiger partial charge is 0.378 e. The Morgan fingerprint density at radius 3 is 2.62 bits per heavy atom. The minimum atomic E-state index is -0.0164. The third-order valence-corrected chi connectivity index (χ3v) is 8.00. The van der Waals surface area contributed by atoms with Crippen LogP contribution in [0.5, 0.6) is 0 Å². The van der Waals surface area contributed by atoms with E-state index in [1.807, 2.05) is 18.2 Å². The average molecular weight is 480 g/mol. The summed E-state index contributed by atoms with van der Waals surface area (Å²) in [6.45, 7) is 13.2. The summed E-state index contributed by atoms with van der Waals surface area (Å²) in [5.41, 5.74) is 5.71. The molecule has 8 heteroatoms. The van der Waals surface area contributed by atoms with Crippen molar-refractivity contribution in [2.45, 2.75) is 13.8 Å². The van der Waals surface area contributed by atoms with Crippen molar-refractivity contribution >= 4 is 38.3 Å². The van der Waals surface area contributed by atoms with Gasteiger partial charge in [0.25, 0.3) is 5.91 Å². The van der Waals surface area contributed by atoms with Gasteiger partial charge in [-0.2, -0.15) is 0 Å². The molecule has 2 aromatic carbocycles. The monoisotopic (exact) mass is 479 g/mol. The molecule has 2 aliphatic rings. The Labute approximate surface area is 205 Å². The molecule has 2 saturated heterocycles. The topological polar surface area (TPSA) is 60.9 Å². The van der Waals surface area contributed by atoms with Gasteiger partial charge in [-0.15, -0.1) is 0 Å². The maximum atomic E-state index is 12.8. The highest BCUT2D eigenvalue weighted by atomic mass is 32.1. The van der Waals surface area contributed by atoms with Gasteiger partial charge in [0.15, 0.2) is 5.13 Å². The highest BCUT2D eigenvalue weighted by molar-refractivity contribution is 7.22. The number of ether oxygens (including phenoxy) is 1. The summed E-state index contributed by atoms with van der Waals surface area (Å²) in [7, 11) is 0. The highest BCUT2D eigenvalue weighted by Gasteiger charge is 2.19. The van der Waals surface area contributed by atoms with Gasteiger partial charge in [-0.25, -0.2) is 4.98 Å². The number of benzene rings is 2. The number of morpholine rings is 1. The van der Waals surface area contributed by atoms with Crippen LogP contribution in [0.25, 0.3) is 10.2 Å². The molecule has 34 heavy (non-hydrogen) atoms. The molecular formula is C26H33N5O2S. The Hall–Kier alpha value is -2.68. The maximum Gasteiger partial charge on any atom is 0.251 e. The SMILES string of the molecule is Cc1cccc(N2CCN(CCNC(=O)c3ccc4nc(N5CCOCC5)sc4c3)CC2)c1C. The van der Waals surface area contributed by atoms with E-state index in [9.17, 15) is 4.79 Å². The molecule has 2 fully saturated rings. The third-order valence-electron chi connectivity index (χ3n) is 6.92. The van der Waals surface area contributed by atoms with Gasteiger partial charge < -0.3 is 19.9 Å². The number of aromatic nitrogens is 1. The van der Waals surface area contributed by atoms with E-state index in [2.05, 4.69) is 52.1 Å². The number of carbonyl (C=O) groups excluding carboxylic acids is 1. The molecule has 0 aliphatic carbocycles. The molecule has 0 atom stereocenters. The van der Waals surface area contributed by atoms with Crippen molar-refractivity contribution in [2.24, 2.45) is 0 Å². The second kappa shape index (κ2) is 10.3. The Kier molecular flexibility index (Phi) is 6.99. The second-order valence-corrected chi connectivity index (χ2v) is 10.1. The molecule has 1 aromatic heterocycles. The van der Waals surface area contributed by atoms with Crippen LogP contribution in [-0.4, -0.2) is 81.4 Å². The first kappa shape index (κ1) is 23.1. The lowest BCUT2D eigenvalue weighted by atomic mass is 10.1. The molecule has 0 radical (unpaired) electrons. The van der Waals surface area contributed by atoms with Gasteiger partial charge in [-0.1, -0.05) is 23.5 Å². The summed E-state index contributed by atoms with van der Waals surface area (Å²) < 4.78 is 6.49. The fourth-order valence-electron chi connectivity index (χ4n) is 4.66. The molecular weight excluding hydrogens is 446 g/mol. The fourth-order valence-corrected chi connectivity index (χ4v) is 5.72. The molecule has 3 aromatic rings. The molecule has 1 amide bonds. The average Bonchev–Trinajstić information content (AvgIpc) is 3.30. The van der Waals surface area contributed by atoms with Crippen LogP contribution in [0.1, 0.15) is 21.5 Å². The minimum Gasteiger partial charge on any atom is -0.378 e. The zero-order valence-corrected chi connectivity index (χ0v) is 20.9. The number of hydrogen-bond donors (Lipinski definition) is 1. The van der Waals surface area contributed by atoms with Gasteiger partial charge in [-0.3, -0.25) is 9.69 Å². The predicted octanol–water partition coefficient (Wildman–Crippen LogP) is 3.30. The van der Waals surface area contributed by atoms with E-state index in [1.54, 1.807) is 11.3 Å². The van der Waals surface area contributed by atoms with E-state index in [-0.39, 0.29) is 5.91 Å². The third kappa shape index (κ3) is 5.04. The maximum absolute atomic E-state index is 12.8. The van der Waals surface area contributed by atoms with Crippen LogP contribution in [0.2, 0.25) is 0 Å². The van der Waals surface area contributed by atoms with Gasteiger partial charge in [0.1, 0.15) is 0 Å². The van der Waals surface area contributed by atoms with Crippen molar-refractivity contribution in [1.82, 2.24) is 15.2 Å². The van der Waals surface area contributed by atoms with Crippen LogP contribution in [0.3, 0.4) is 0 Å². The van der Waals surface area contributed by atoms with E-state index >= 15 is 0 Å². The van der Waals surface area contributed by atoms with Crippen molar-refractivity contribution in [3.8, 4) is 0 Å². The minimum absolute atomic E-state index is 0.0164. The van der Waals surface area contributed by atoms with Crippen LogP contribution in [0.4, 0.5) is 10.8 Å². The Bertz CT molecular complexity index is 1150. The Balaban J connectivity index is 1.11. The van der Waals surface area contributed by atoms with Crippen LogP contribution in [0, 0.1) is 13.8 Å². The Morgan fingerprint density at radius 1 is 1.03 bits per heavy atom. The number of fused-ring (bicyclic) bond motifs is 1. The first-order valence-electron chi connectivity index (χ1n) is 12.1. The molecule has 0 unspecified atom stereocenters. The normalized spacial score (nSPS) is 17.4. The summed E-state index contributed by atoms with van der Waals surface area (Å²) in [5.74, 6) is -0.0164. The number of nitrogens with one attached hydrogen (secondary N) is 1. The molecule has 0 bridgehead atoms. The van der Waals surface area contributed by atoms with E-state index < -0.39 is 0 Å². The lowest BCUT2D eigenvalue weighted by Gasteiger charge is -2.37. The van der Waals surface area contributed by atoms with Crippen LogP contribution in [-0.2, 0) is 4.74 Å². The van der Waals surface area contributed by atoms with Crippen LogP contribution < -0.4 is 15.1 Å². The number of rotatable bonds is 6. The van der Waals surface area contributed by atoms with Gasteiger partial charge in [0.05, 0.1) is 23.4 Å². The van der Waals surface area contributed by atoms with Crippen LogP contribution in [0.15, 0.2) is 36.4 Å². The number of piperazine rings is 1. The number of nitrogens with zero attached hydrogens (tertiary/aromatic N) is 4. The summed E-state index contributed by atoms with van der Waals surface area (Å²) in [6.07, 6.45) is 0. The second-order valence-electron chi connectivity index (χ2n) is 9.08. The molecule has 0 spiro atoms. The predicted molar refractivity (Wildman–Crippen MR) is 140 cm³/mol. The van der Waals surface area contributed by atoms with E-state index in [0.29, 0.717) is 12.1 Å². The van der Waals surface area contributed by atoms with Gasteiger partial charge in [0.2, 0.25) is 0 Å². The quantitative estimate of drug-likeness (QED) is 0.586. The summed E-state index contributed by atoms with van der Waals surface area (Å²) in [4.78, 5) is 24.7. The van der Waals surface area contributed by atoms with Crippen molar-refractivity contribution in [1.29, 1.82) is 0 Å². The molecule has 1 N–H and O–H groups in total. The van der Waals surface area contributed by atoms with E-state index in [1.165, 1.54) is 16.8 Å². The number of aryl methyl sites for hydroxylation is 1. The standard InChI is InChI=1S/C26H33N5O2S/c1-19-4-3-5-23(20(19)2)30-12-10-29(11-13-30)9-8-27-25(32)21-6-7-22-24(18-21)34-26(28-22)31-14-16-33-17-15-31/h3-7,18H,8-17H2,1-2H3,(H,27,32). The number of hydrogen-bond acceptors (Lipinski definition) is 7. The number of anilines is 2. The van der Waals surface area contributed by atoms with Crippen molar-refractivity contribution < 1.29 is 9.53 Å². The van der Waals surface area contributed by atoms with Crippen molar-refractivity contribution in [2.75, 3.05) is 75.4 Å². The molecule has 0 saturated carbocycles. The van der Waals surface area contributed by atoms with E-state index in [4.69, 9.17) is 9.72 Å². The number of thiazole rings is 1. The van der Waals surface area contributed by atoms with Gasteiger partial charge in [-0.05, 0) is 49.2 Å². The fraction of sp³-hybridized carbons (Fsp3) is 0.462. The Morgan fingerprint density at radius 2 is 1.82 bits per heavy atom. The summed E-state index contributed by atoms with van der Waals surface area (Å²) >= 11 is 1.65. The molecule has 5 rings (SSSR count). The summed E-state index contributed by atoms with van der Waals surface area (Å²) in [5, 5.41) is 4.11.